The summed E-state index contributed by atoms with van der Waals surface area (Å²) < 4.78 is 0. The zero-order valence-electron chi connectivity index (χ0n) is 7.51. The van der Waals surface area contributed by atoms with E-state index in [1.165, 1.54) is 12.5 Å². The van der Waals surface area contributed by atoms with Crippen molar-refractivity contribution in [1.82, 2.24) is 15.3 Å². The number of hydrogen-bond acceptors (Lipinski definition) is 2. The molecule has 4 heteroatoms. The van der Waals surface area contributed by atoms with Crippen LogP contribution in [-0.4, -0.2) is 21.4 Å². The second-order valence-electron chi connectivity index (χ2n) is 3.67. The maximum Gasteiger partial charge on any atom is 0.269 e. The topological polar surface area (TPSA) is 57.8 Å². The quantitative estimate of drug-likeness (QED) is 0.654. The molecule has 4 nitrogen and oxygen atoms in total. The third-order valence-corrected chi connectivity index (χ3v) is 1.23. The highest BCUT2D eigenvalue weighted by Crippen LogP contribution is 2.01. The van der Waals surface area contributed by atoms with Gasteiger partial charge >= 0.3 is 0 Å². The van der Waals surface area contributed by atoms with Crippen LogP contribution in [0.2, 0.25) is 0 Å². The average Bonchev–Trinajstić information content (AvgIpc) is 2.32. The second kappa shape index (κ2) is 2.97. The zero-order valence-corrected chi connectivity index (χ0v) is 7.51. The van der Waals surface area contributed by atoms with Gasteiger partial charge in [-0.25, -0.2) is 4.98 Å². The molecule has 0 spiro atoms. The molecule has 1 aromatic heterocycles. The van der Waals surface area contributed by atoms with Crippen LogP contribution in [0.1, 0.15) is 31.3 Å². The van der Waals surface area contributed by atoms with Gasteiger partial charge in [0.25, 0.3) is 5.91 Å². The van der Waals surface area contributed by atoms with Crippen LogP contribution < -0.4 is 5.32 Å². The predicted molar refractivity (Wildman–Crippen MR) is 45.8 cm³/mol. The number of imidazole rings is 1. The fourth-order valence-corrected chi connectivity index (χ4v) is 0.788. The van der Waals surface area contributed by atoms with Crippen molar-refractivity contribution >= 4 is 5.91 Å². The van der Waals surface area contributed by atoms with E-state index in [0.717, 1.165) is 0 Å². The lowest BCUT2D eigenvalue weighted by atomic mass is 10.1. The molecule has 1 rings (SSSR count). The van der Waals surface area contributed by atoms with Gasteiger partial charge < -0.3 is 10.3 Å². The molecule has 0 atom stereocenters. The van der Waals surface area contributed by atoms with Gasteiger partial charge in [-0.3, -0.25) is 4.79 Å². The standard InChI is InChI=1S/C8H13N3O/c1-8(2,3)11-7(12)6-4-9-5-10-6/h4-5H,1-3H3,(H,9,10)(H,11,12). The van der Waals surface area contributed by atoms with E-state index in [9.17, 15) is 4.79 Å². The Morgan fingerprint density at radius 1 is 1.58 bits per heavy atom. The normalized spacial score (nSPS) is 11.2. The molecule has 66 valence electrons. The SMILES string of the molecule is CC(C)(C)NC(=O)c1cnc[nH]1. The van der Waals surface area contributed by atoms with Crippen molar-refractivity contribution in [3.63, 3.8) is 0 Å². The zero-order chi connectivity index (χ0) is 9.19. The maximum atomic E-state index is 11.3. The largest absolute Gasteiger partial charge is 0.346 e. The van der Waals surface area contributed by atoms with Gasteiger partial charge in [0, 0.05) is 5.54 Å². The molecule has 0 radical (unpaired) electrons. The van der Waals surface area contributed by atoms with Crippen molar-refractivity contribution in [2.24, 2.45) is 0 Å². The number of aromatic amines is 1. The highest BCUT2D eigenvalue weighted by atomic mass is 16.2. The number of amides is 1. The second-order valence-corrected chi connectivity index (χ2v) is 3.67. The summed E-state index contributed by atoms with van der Waals surface area (Å²) >= 11 is 0. The van der Waals surface area contributed by atoms with E-state index >= 15 is 0 Å². The lowest BCUT2D eigenvalue weighted by Crippen LogP contribution is -2.40. The van der Waals surface area contributed by atoms with Crippen LogP contribution in [-0.2, 0) is 0 Å². The van der Waals surface area contributed by atoms with E-state index in [1.807, 2.05) is 20.8 Å². The molecule has 0 bridgehead atoms. The molecule has 0 fully saturated rings. The lowest BCUT2D eigenvalue weighted by molar-refractivity contribution is 0.0915. The molecule has 1 aromatic rings. The van der Waals surface area contributed by atoms with Crippen molar-refractivity contribution in [2.45, 2.75) is 26.3 Å². The molecular formula is C8H13N3O. The summed E-state index contributed by atoms with van der Waals surface area (Å²) in [5.41, 5.74) is 0.285. The Balaban J connectivity index is 2.63. The minimum Gasteiger partial charge on any atom is -0.346 e. The molecule has 0 aliphatic rings. The first-order valence-corrected chi connectivity index (χ1v) is 3.80. The van der Waals surface area contributed by atoms with Crippen molar-refractivity contribution in [3.05, 3.63) is 18.2 Å². The third kappa shape index (κ3) is 2.38. The Morgan fingerprint density at radius 2 is 2.25 bits per heavy atom. The van der Waals surface area contributed by atoms with E-state index in [0.29, 0.717) is 5.69 Å². The molecule has 0 aliphatic carbocycles. The van der Waals surface area contributed by atoms with Crippen LogP contribution in [0.25, 0.3) is 0 Å². The molecule has 1 heterocycles. The predicted octanol–water partition coefficient (Wildman–Crippen LogP) is 0.938. The van der Waals surface area contributed by atoms with Crippen LogP contribution in [0.4, 0.5) is 0 Å². The molecule has 0 aliphatic heterocycles. The summed E-state index contributed by atoms with van der Waals surface area (Å²) in [6.07, 6.45) is 2.98. The van der Waals surface area contributed by atoms with Crippen LogP contribution in [0.15, 0.2) is 12.5 Å². The van der Waals surface area contributed by atoms with Gasteiger partial charge in [0.2, 0.25) is 0 Å². The van der Waals surface area contributed by atoms with Crippen molar-refractivity contribution in [2.75, 3.05) is 0 Å². The van der Waals surface area contributed by atoms with E-state index in [4.69, 9.17) is 0 Å². The van der Waals surface area contributed by atoms with E-state index < -0.39 is 0 Å². The van der Waals surface area contributed by atoms with Crippen molar-refractivity contribution in [1.29, 1.82) is 0 Å². The minimum atomic E-state index is -0.206. The van der Waals surface area contributed by atoms with Gasteiger partial charge in [0.1, 0.15) is 5.69 Å². The summed E-state index contributed by atoms with van der Waals surface area (Å²) in [6.45, 7) is 5.80. The minimum absolute atomic E-state index is 0.125. The summed E-state index contributed by atoms with van der Waals surface area (Å²) in [5.74, 6) is -0.125. The summed E-state index contributed by atoms with van der Waals surface area (Å²) in [7, 11) is 0. The molecule has 12 heavy (non-hydrogen) atoms. The Bertz CT molecular complexity index is 258. The summed E-state index contributed by atoms with van der Waals surface area (Å²) in [6, 6.07) is 0. The Kier molecular flexibility index (Phi) is 2.17. The van der Waals surface area contributed by atoms with Crippen LogP contribution in [0.5, 0.6) is 0 Å². The number of hydrogen-bond donors (Lipinski definition) is 2. The number of carbonyl (C=O) groups excluding carboxylic acids is 1. The third-order valence-electron chi connectivity index (χ3n) is 1.23. The van der Waals surface area contributed by atoms with Gasteiger partial charge in [0.05, 0.1) is 12.5 Å². The fraction of sp³-hybridized carbons (Fsp3) is 0.500. The molecule has 0 saturated carbocycles. The first kappa shape index (κ1) is 8.77. The first-order chi connectivity index (χ1) is 5.49. The summed E-state index contributed by atoms with van der Waals surface area (Å²) in [4.78, 5) is 17.8. The van der Waals surface area contributed by atoms with Gasteiger partial charge in [-0.15, -0.1) is 0 Å². The number of nitrogens with one attached hydrogen (secondary N) is 2. The van der Waals surface area contributed by atoms with E-state index in [1.54, 1.807) is 0 Å². The van der Waals surface area contributed by atoms with Crippen LogP contribution >= 0.6 is 0 Å². The molecule has 0 saturated heterocycles. The highest BCUT2D eigenvalue weighted by Gasteiger charge is 2.15. The molecule has 0 unspecified atom stereocenters. The molecule has 2 N–H and O–H groups in total. The first-order valence-electron chi connectivity index (χ1n) is 3.80. The van der Waals surface area contributed by atoms with Gasteiger partial charge in [-0.1, -0.05) is 0 Å². The summed E-state index contributed by atoms with van der Waals surface area (Å²) in [5, 5.41) is 2.81. The highest BCUT2D eigenvalue weighted by molar-refractivity contribution is 5.92. The van der Waals surface area contributed by atoms with Crippen molar-refractivity contribution in [3.8, 4) is 0 Å². The number of H-pyrrole nitrogens is 1. The van der Waals surface area contributed by atoms with Crippen LogP contribution in [0, 0.1) is 0 Å². The average molecular weight is 167 g/mol. The van der Waals surface area contributed by atoms with Gasteiger partial charge in [-0.2, -0.15) is 0 Å². The van der Waals surface area contributed by atoms with Crippen LogP contribution in [0.3, 0.4) is 0 Å². The Morgan fingerprint density at radius 3 is 2.67 bits per heavy atom. The monoisotopic (exact) mass is 167 g/mol. The lowest BCUT2D eigenvalue weighted by Gasteiger charge is -2.19. The maximum absolute atomic E-state index is 11.3. The Labute approximate surface area is 71.4 Å². The Hall–Kier alpha value is -1.32. The van der Waals surface area contributed by atoms with E-state index in [2.05, 4.69) is 15.3 Å². The number of aromatic nitrogens is 2. The number of rotatable bonds is 1. The smallest absolute Gasteiger partial charge is 0.269 e. The molecular weight excluding hydrogens is 154 g/mol. The van der Waals surface area contributed by atoms with Gasteiger partial charge in [0.15, 0.2) is 0 Å². The number of nitrogens with zero attached hydrogens (tertiary/aromatic N) is 1. The van der Waals surface area contributed by atoms with E-state index in [-0.39, 0.29) is 11.4 Å². The molecule has 0 aromatic carbocycles. The van der Waals surface area contributed by atoms with Gasteiger partial charge in [-0.05, 0) is 20.8 Å². The fourth-order valence-electron chi connectivity index (χ4n) is 0.788. The number of carbonyl (C=O) groups is 1. The van der Waals surface area contributed by atoms with Crippen molar-refractivity contribution < 1.29 is 4.79 Å². The molecule has 1 amide bonds.